The third kappa shape index (κ3) is 4.06. The molecule has 3 heterocycles. The molecule has 0 spiro atoms. The number of rotatable bonds is 6. The molecule has 6 nitrogen and oxygen atoms in total. The van der Waals surface area contributed by atoms with Gasteiger partial charge in [-0.3, -0.25) is 4.98 Å². The van der Waals surface area contributed by atoms with E-state index < -0.39 is 0 Å². The van der Waals surface area contributed by atoms with Crippen molar-refractivity contribution in [1.29, 1.82) is 0 Å². The van der Waals surface area contributed by atoms with Crippen LogP contribution in [0.2, 0.25) is 0 Å². The van der Waals surface area contributed by atoms with E-state index >= 15 is 0 Å². The van der Waals surface area contributed by atoms with Crippen molar-refractivity contribution in [3.8, 4) is 11.1 Å². The van der Waals surface area contributed by atoms with E-state index in [-0.39, 0.29) is 12.6 Å². The summed E-state index contributed by atoms with van der Waals surface area (Å²) in [7, 11) is 0. The molecule has 0 bridgehead atoms. The van der Waals surface area contributed by atoms with E-state index in [1.54, 1.807) is 12.5 Å². The van der Waals surface area contributed by atoms with E-state index in [0.717, 1.165) is 42.1 Å². The maximum atomic E-state index is 9.52. The number of nitrogens with one attached hydrogen (secondary N) is 1. The normalized spacial score (nSPS) is 16.5. The van der Waals surface area contributed by atoms with Crippen LogP contribution in [0.4, 0.5) is 11.6 Å². The standard InChI is InChI=1S/C21H23N5O/c27-14-19-4-2-10-26(19)21-11-20(24-15-25-21)23-12-16-5-7-17(8-6-16)18-3-1-9-22-13-18/h1,3,5-9,11,13,15,19,27H,2,4,10,12,14H2,(H,23,24,25). The molecule has 2 N–H and O–H groups in total. The third-order valence-corrected chi connectivity index (χ3v) is 4.96. The molecule has 1 aliphatic rings. The zero-order chi connectivity index (χ0) is 18.5. The second-order valence-corrected chi connectivity index (χ2v) is 6.73. The van der Waals surface area contributed by atoms with E-state index in [2.05, 4.69) is 55.5 Å². The van der Waals surface area contributed by atoms with E-state index in [1.807, 2.05) is 18.3 Å². The lowest BCUT2D eigenvalue weighted by Gasteiger charge is -2.24. The second-order valence-electron chi connectivity index (χ2n) is 6.73. The quantitative estimate of drug-likeness (QED) is 0.703. The van der Waals surface area contributed by atoms with Gasteiger partial charge in [0.05, 0.1) is 12.6 Å². The fourth-order valence-electron chi connectivity index (χ4n) is 3.47. The summed E-state index contributed by atoms with van der Waals surface area (Å²) in [6.07, 6.45) is 7.32. The molecule has 1 atom stereocenters. The Morgan fingerprint density at radius 2 is 2.00 bits per heavy atom. The summed E-state index contributed by atoms with van der Waals surface area (Å²) in [5.41, 5.74) is 3.44. The molecule has 1 fully saturated rings. The Labute approximate surface area is 158 Å². The highest BCUT2D eigenvalue weighted by Crippen LogP contribution is 2.25. The van der Waals surface area contributed by atoms with Crippen LogP contribution in [0.15, 0.2) is 61.2 Å². The fraction of sp³-hybridized carbons (Fsp3) is 0.286. The van der Waals surface area contributed by atoms with Gasteiger partial charge in [0.2, 0.25) is 0 Å². The molecule has 3 aromatic rings. The molecule has 2 aromatic heterocycles. The predicted molar refractivity (Wildman–Crippen MR) is 106 cm³/mol. The Balaban J connectivity index is 1.41. The Morgan fingerprint density at radius 3 is 2.78 bits per heavy atom. The number of aromatic nitrogens is 3. The van der Waals surface area contributed by atoms with Crippen molar-refractivity contribution >= 4 is 11.6 Å². The first kappa shape index (κ1) is 17.4. The Bertz CT molecular complexity index is 869. The minimum absolute atomic E-state index is 0.160. The lowest BCUT2D eigenvalue weighted by Crippen LogP contribution is -2.32. The molecule has 0 amide bonds. The lowest BCUT2D eigenvalue weighted by atomic mass is 10.1. The van der Waals surface area contributed by atoms with Gasteiger partial charge in [0.25, 0.3) is 0 Å². The summed E-state index contributed by atoms with van der Waals surface area (Å²) in [5.74, 6) is 1.66. The second kappa shape index (κ2) is 8.14. The zero-order valence-corrected chi connectivity index (χ0v) is 15.1. The molecular weight excluding hydrogens is 338 g/mol. The highest BCUT2D eigenvalue weighted by atomic mass is 16.3. The predicted octanol–water partition coefficient (Wildman–Crippen LogP) is 3.11. The van der Waals surface area contributed by atoms with Gasteiger partial charge in [0.1, 0.15) is 18.0 Å². The van der Waals surface area contributed by atoms with Crippen LogP contribution in [0.1, 0.15) is 18.4 Å². The van der Waals surface area contributed by atoms with Crippen LogP contribution in [-0.2, 0) is 6.54 Å². The fourth-order valence-corrected chi connectivity index (χ4v) is 3.47. The van der Waals surface area contributed by atoms with Crippen LogP contribution in [0.3, 0.4) is 0 Å². The smallest absolute Gasteiger partial charge is 0.134 e. The topological polar surface area (TPSA) is 74.2 Å². The molecule has 1 unspecified atom stereocenters. The van der Waals surface area contributed by atoms with Crippen molar-refractivity contribution in [3.63, 3.8) is 0 Å². The van der Waals surface area contributed by atoms with E-state index in [9.17, 15) is 5.11 Å². The van der Waals surface area contributed by atoms with Gasteiger partial charge < -0.3 is 15.3 Å². The Hall–Kier alpha value is -2.99. The van der Waals surface area contributed by atoms with Crippen LogP contribution >= 0.6 is 0 Å². The number of aliphatic hydroxyl groups is 1. The molecule has 27 heavy (non-hydrogen) atoms. The summed E-state index contributed by atoms with van der Waals surface area (Å²) >= 11 is 0. The van der Waals surface area contributed by atoms with Crippen LogP contribution in [0.25, 0.3) is 11.1 Å². The molecule has 0 saturated carbocycles. The van der Waals surface area contributed by atoms with Gasteiger partial charge in [-0.25, -0.2) is 9.97 Å². The zero-order valence-electron chi connectivity index (χ0n) is 15.1. The van der Waals surface area contributed by atoms with Gasteiger partial charge in [-0.05, 0) is 35.6 Å². The first-order chi connectivity index (χ1) is 13.3. The van der Waals surface area contributed by atoms with Crippen LogP contribution in [-0.4, -0.2) is 39.3 Å². The minimum atomic E-state index is 0.160. The van der Waals surface area contributed by atoms with Gasteiger partial charge in [-0.15, -0.1) is 0 Å². The van der Waals surface area contributed by atoms with E-state index in [0.29, 0.717) is 6.54 Å². The number of anilines is 2. The Kier molecular flexibility index (Phi) is 5.25. The Morgan fingerprint density at radius 1 is 1.11 bits per heavy atom. The van der Waals surface area contributed by atoms with Crippen molar-refractivity contribution < 1.29 is 5.11 Å². The lowest BCUT2D eigenvalue weighted by molar-refractivity contribution is 0.266. The third-order valence-electron chi connectivity index (χ3n) is 4.96. The van der Waals surface area contributed by atoms with Gasteiger partial charge >= 0.3 is 0 Å². The van der Waals surface area contributed by atoms with Gasteiger partial charge in [-0.2, -0.15) is 0 Å². The molecule has 0 radical (unpaired) electrons. The molecule has 6 heteroatoms. The monoisotopic (exact) mass is 361 g/mol. The number of benzene rings is 1. The average Bonchev–Trinajstić information content (AvgIpc) is 3.22. The highest BCUT2D eigenvalue weighted by molar-refractivity contribution is 5.62. The van der Waals surface area contributed by atoms with Crippen LogP contribution < -0.4 is 10.2 Å². The van der Waals surface area contributed by atoms with Crippen molar-refractivity contribution in [2.24, 2.45) is 0 Å². The highest BCUT2D eigenvalue weighted by Gasteiger charge is 2.25. The van der Waals surface area contributed by atoms with Crippen molar-refractivity contribution in [2.75, 3.05) is 23.4 Å². The summed E-state index contributed by atoms with van der Waals surface area (Å²) in [5, 5.41) is 12.9. The number of aliphatic hydroxyl groups excluding tert-OH is 1. The van der Waals surface area contributed by atoms with Gasteiger partial charge in [0, 0.05) is 31.5 Å². The number of hydrogen-bond acceptors (Lipinski definition) is 6. The summed E-state index contributed by atoms with van der Waals surface area (Å²) < 4.78 is 0. The minimum Gasteiger partial charge on any atom is -0.394 e. The van der Waals surface area contributed by atoms with E-state index in [4.69, 9.17) is 0 Å². The largest absolute Gasteiger partial charge is 0.394 e. The summed E-state index contributed by atoms with van der Waals surface area (Å²) in [6.45, 7) is 1.78. The number of nitrogens with zero attached hydrogens (tertiary/aromatic N) is 4. The maximum Gasteiger partial charge on any atom is 0.134 e. The average molecular weight is 361 g/mol. The van der Waals surface area contributed by atoms with E-state index in [1.165, 1.54) is 5.56 Å². The van der Waals surface area contributed by atoms with Gasteiger partial charge in [0.15, 0.2) is 0 Å². The van der Waals surface area contributed by atoms with Crippen LogP contribution in [0.5, 0.6) is 0 Å². The first-order valence-electron chi connectivity index (χ1n) is 9.26. The maximum absolute atomic E-state index is 9.52. The summed E-state index contributed by atoms with van der Waals surface area (Å²) in [6, 6.07) is 14.6. The molecule has 138 valence electrons. The van der Waals surface area contributed by atoms with Crippen molar-refractivity contribution in [1.82, 2.24) is 15.0 Å². The van der Waals surface area contributed by atoms with Crippen molar-refractivity contribution in [3.05, 3.63) is 66.7 Å². The number of pyridine rings is 1. The van der Waals surface area contributed by atoms with Crippen LogP contribution in [0, 0.1) is 0 Å². The SMILES string of the molecule is OCC1CCCN1c1cc(NCc2ccc(-c3cccnc3)cc2)ncn1. The molecular formula is C21H23N5O. The van der Waals surface area contributed by atoms with Gasteiger partial charge in [-0.1, -0.05) is 30.3 Å². The number of hydrogen-bond donors (Lipinski definition) is 2. The molecule has 4 rings (SSSR count). The molecule has 1 aromatic carbocycles. The summed E-state index contributed by atoms with van der Waals surface area (Å²) in [4.78, 5) is 15.0. The molecule has 1 aliphatic heterocycles. The molecule has 0 aliphatic carbocycles. The molecule has 1 saturated heterocycles. The van der Waals surface area contributed by atoms with Crippen molar-refractivity contribution in [2.45, 2.75) is 25.4 Å². The first-order valence-corrected chi connectivity index (χ1v) is 9.26.